The van der Waals surface area contributed by atoms with Crippen molar-refractivity contribution < 1.29 is 9.59 Å². The van der Waals surface area contributed by atoms with Gasteiger partial charge in [0, 0.05) is 13.0 Å². The Balaban J connectivity index is 2.27. The Labute approximate surface area is 112 Å². The molecule has 0 saturated carbocycles. The van der Waals surface area contributed by atoms with Crippen molar-refractivity contribution in [2.75, 3.05) is 11.4 Å². The molecule has 0 N–H and O–H groups in total. The number of piperidine rings is 1. The SMILES string of the molecule is CCC(=O)C1CCCN(c2ccccc2Cl)C1=O. The molecule has 2 rings (SSSR count). The summed E-state index contributed by atoms with van der Waals surface area (Å²) in [4.78, 5) is 25.7. The van der Waals surface area contributed by atoms with E-state index in [0.717, 1.165) is 6.42 Å². The maximum absolute atomic E-state index is 12.3. The minimum absolute atomic E-state index is 0.0248. The van der Waals surface area contributed by atoms with Crippen LogP contribution < -0.4 is 4.90 Å². The molecule has 1 aliphatic heterocycles. The molecular formula is C14H16ClNO2. The van der Waals surface area contributed by atoms with Crippen LogP contribution in [-0.2, 0) is 9.59 Å². The predicted molar refractivity (Wildman–Crippen MR) is 71.8 cm³/mol. The van der Waals surface area contributed by atoms with E-state index >= 15 is 0 Å². The lowest BCUT2D eigenvalue weighted by molar-refractivity contribution is -0.133. The largest absolute Gasteiger partial charge is 0.310 e. The molecule has 1 aromatic rings. The van der Waals surface area contributed by atoms with Gasteiger partial charge in [-0.3, -0.25) is 9.59 Å². The average Bonchev–Trinajstić information content (AvgIpc) is 2.39. The molecule has 4 heteroatoms. The first-order valence-corrected chi connectivity index (χ1v) is 6.61. The van der Waals surface area contributed by atoms with Crippen molar-refractivity contribution in [2.24, 2.45) is 5.92 Å². The van der Waals surface area contributed by atoms with Crippen molar-refractivity contribution in [3.05, 3.63) is 29.3 Å². The van der Waals surface area contributed by atoms with E-state index in [1.54, 1.807) is 17.9 Å². The molecule has 1 heterocycles. The quantitative estimate of drug-likeness (QED) is 0.788. The minimum Gasteiger partial charge on any atom is -0.310 e. The molecule has 96 valence electrons. The third-order valence-electron chi connectivity index (χ3n) is 3.32. The number of carbonyl (C=O) groups excluding carboxylic acids is 2. The second-order valence-electron chi connectivity index (χ2n) is 4.46. The highest BCUT2D eigenvalue weighted by Crippen LogP contribution is 2.30. The molecule has 1 amide bonds. The highest BCUT2D eigenvalue weighted by atomic mass is 35.5. The van der Waals surface area contributed by atoms with Gasteiger partial charge in [-0.2, -0.15) is 0 Å². The Morgan fingerprint density at radius 3 is 2.83 bits per heavy atom. The van der Waals surface area contributed by atoms with Crippen LogP contribution in [0, 0.1) is 5.92 Å². The Hall–Kier alpha value is -1.35. The summed E-state index contributed by atoms with van der Waals surface area (Å²) in [6, 6.07) is 7.25. The van der Waals surface area contributed by atoms with E-state index in [9.17, 15) is 9.59 Å². The van der Waals surface area contributed by atoms with Gasteiger partial charge in [0.15, 0.2) is 0 Å². The topological polar surface area (TPSA) is 37.4 Å². The molecule has 1 fully saturated rings. The Kier molecular flexibility index (Phi) is 4.02. The second kappa shape index (κ2) is 5.53. The van der Waals surface area contributed by atoms with E-state index < -0.39 is 5.92 Å². The van der Waals surface area contributed by atoms with Gasteiger partial charge in [0.05, 0.1) is 16.6 Å². The summed E-state index contributed by atoms with van der Waals surface area (Å²) in [7, 11) is 0. The van der Waals surface area contributed by atoms with Crippen LogP contribution >= 0.6 is 11.6 Å². The molecule has 0 spiro atoms. The molecule has 0 aliphatic carbocycles. The zero-order valence-corrected chi connectivity index (χ0v) is 11.1. The molecule has 1 unspecified atom stereocenters. The van der Waals surface area contributed by atoms with Crippen LogP contribution in [0.25, 0.3) is 0 Å². The number of benzene rings is 1. The van der Waals surface area contributed by atoms with Crippen molar-refractivity contribution in [1.82, 2.24) is 0 Å². The number of para-hydroxylation sites is 1. The fourth-order valence-corrected chi connectivity index (χ4v) is 2.57. The number of hydrogen-bond acceptors (Lipinski definition) is 2. The summed E-state index contributed by atoms with van der Waals surface area (Å²) in [5.41, 5.74) is 0.706. The normalized spacial score (nSPS) is 20.0. The smallest absolute Gasteiger partial charge is 0.237 e. The van der Waals surface area contributed by atoms with Crippen LogP contribution in [0.1, 0.15) is 26.2 Å². The van der Waals surface area contributed by atoms with E-state index in [1.807, 2.05) is 18.2 Å². The number of hydrogen-bond donors (Lipinski definition) is 0. The van der Waals surface area contributed by atoms with E-state index in [-0.39, 0.29) is 11.7 Å². The average molecular weight is 266 g/mol. The fraction of sp³-hybridized carbons (Fsp3) is 0.429. The summed E-state index contributed by atoms with van der Waals surface area (Å²) in [5, 5.41) is 0.551. The number of nitrogens with zero attached hydrogens (tertiary/aromatic N) is 1. The maximum Gasteiger partial charge on any atom is 0.237 e. The first-order valence-electron chi connectivity index (χ1n) is 6.23. The van der Waals surface area contributed by atoms with Gasteiger partial charge < -0.3 is 4.90 Å². The summed E-state index contributed by atoms with van der Waals surface area (Å²) in [6.45, 7) is 2.43. The zero-order chi connectivity index (χ0) is 13.1. The van der Waals surface area contributed by atoms with E-state index in [1.165, 1.54) is 0 Å². The van der Waals surface area contributed by atoms with Gasteiger partial charge in [-0.15, -0.1) is 0 Å². The Morgan fingerprint density at radius 1 is 1.44 bits per heavy atom. The zero-order valence-electron chi connectivity index (χ0n) is 10.4. The van der Waals surface area contributed by atoms with E-state index in [4.69, 9.17) is 11.6 Å². The minimum atomic E-state index is -0.486. The number of rotatable bonds is 3. The lowest BCUT2D eigenvalue weighted by atomic mass is 9.91. The highest BCUT2D eigenvalue weighted by Gasteiger charge is 2.34. The third kappa shape index (κ3) is 2.41. The maximum atomic E-state index is 12.3. The summed E-state index contributed by atoms with van der Waals surface area (Å²) in [5.74, 6) is -0.571. The third-order valence-corrected chi connectivity index (χ3v) is 3.64. The van der Waals surface area contributed by atoms with Crippen LogP contribution in [0.5, 0.6) is 0 Å². The van der Waals surface area contributed by atoms with E-state index in [2.05, 4.69) is 0 Å². The number of Topliss-reactive ketones (excluding diaryl/α,β-unsaturated/α-hetero) is 1. The number of amides is 1. The first kappa shape index (κ1) is 13.1. The first-order chi connectivity index (χ1) is 8.65. The lowest BCUT2D eigenvalue weighted by Crippen LogP contribution is -2.44. The van der Waals surface area contributed by atoms with Crippen molar-refractivity contribution in [2.45, 2.75) is 26.2 Å². The summed E-state index contributed by atoms with van der Waals surface area (Å²) in [6.07, 6.45) is 1.91. The van der Waals surface area contributed by atoms with Crippen LogP contribution in [0.4, 0.5) is 5.69 Å². The Bertz CT molecular complexity index is 473. The van der Waals surface area contributed by atoms with Gasteiger partial charge in [0.25, 0.3) is 0 Å². The molecule has 18 heavy (non-hydrogen) atoms. The molecular weight excluding hydrogens is 250 g/mol. The van der Waals surface area contributed by atoms with Crippen LogP contribution in [0.2, 0.25) is 5.02 Å². The standard InChI is InChI=1S/C14H16ClNO2/c1-2-13(17)10-6-5-9-16(14(10)18)12-8-4-3-7-11(12)15/h3-4,7-8,10H,2,5-6,9H2,1H3. The molecule has 0 aromatic heterocycles. The van der Waals surface area contributed by atoms with Gasteiger partial charge in [-0.25, -0.2) is 0 Å². The molecule has 1 aliphatic rings. The predicted octanol–water partition coefficient (Wildman–Crippen LogP) is 3.06. The molecule has 1 atom stereocenters. The highest BCUT2D eigenvalue weighted by molar-refractivity contribution is 6.34. The lowest BCUT2D eigenvalue weighted by Gasteiger charge is -2.32. The summed E-state index contributed by atoms with van der Waals surface area (Å²) >= 11 is 6.11. The molecule has 0 radical (unpaired) electrons. The van der Waals surface area contributed by atoms with Crippen LogP contribution in [-0.4, -0.2) is 18.2 Å². The molecule has 3 nitrogen and oxygen atoms in total. The molecule has 0 bridgehead atoms. The van der Waals surface area contributed by atoms with Crippen LogP contribution in [0.15, 0.2) is 24.3 Å². The van der Waals surface area contributed by atoms with Crippen molar-refractivity contribution in [3.63, 3.8) is 0 Å². The second-order valence-corrected chi connectivity index (χ2v) is 4.86. The van der Waals surface area contributed by atoms with Crippen molar-refractivity contribution in [3.8, 4) is 0 Å². The molecule has 1 aromatic carbocycles. The number of ketones is 1. The van der Waals surface area contributed by atoms with Gasteiger partial charge in [0.1, 0.15) is 5.78 Å². The number of anilines is 1. The van der Waals surface area contributed by atoms with Gasteiger partial charge in [0.2, 0.25) is 5.91 Å². The van der Waals surface area contributed by atoms with Gasteiger partial charge >= 0.3 is 0 Å². The monoisotopic (exact) mass is 265 g/mol. The fourth-order valence-electron chi connectivity index (χ4n) is 2.33. The van der Waals surface area contributed by atoms with Gasteiger partial charge in [-0.1, -0.05) is 30.7 Å². The van der Waals surface area contributed by atoms with E-state index in [0.29, 0.717) is 30.1 Å². The summed E-state index contributed by atoms with van der Waals surface area (Å²) < 4.78 is 0. The number of halogens is 1. The van der Waals surface area contributed by atoms with Crippen molar-refractivity contribution >= 4 is 29.0 Å². The Morgan fingerprint density at radius 2 is 2.17 bits per heavy atom. The van der Waals surface area contributed by atoms with Crippen LogP contribution in [0.3, 0.4) is 0 Å². The van der Waals surface area contributed by atoms with Crippen molar-refractivity contribution in [1.29, 1.82) is 0 Å². The number of carbonyl (C=O) groups is 2. The molecule has 1 saturated heterocycles. The van der Waals surface area contributed by atoms with Gasteiger partial charge in [-0.05, 0) is 25.0 Å².